The highest BCUT2D eigenvalue weighted by molar-refractivity contribution is 7.47. The fourth-order valence-electron chi connectivity index (χ4n) is 2.13. The van der Waals surface area contributed by atoms with Crippen LogP contribution in [0.15, 0.2) is 24.3 Å². The maximum Gasteiger partial charge on any atom is 0.178 e. The maximum absolute atomic E-state index is 5.88. The fraction of sp³-hybridized carbons (Fsp3) is 0.625. The Morgan fingerprint density at radius 3 is 2.10 bits per heavy atom. The summed E-state index contributed by atoms with van der Waals surface area (Å²) in [5.74, 6) is 0. The van der Waals surface area contributed by atoms with Gasteiger partial charge in [-0.05, 0) is 38.0 Å². The molecule has 0 saturated carbocycles. The van der Waals surface area contributed by atoms with Gasteiger partial charge < -0.3 is 14.4 Å². The monoisotopic (exact) mass is 297 g/mol. The summed E-state index contributed by atoms with van der Waals surface area (Å²) < 4.78 is 11.8. The summed E-state index contributed by atoms with van der Waals surface area (Å²) in [6.45, 7) is 7.72. The zero-order valence-corrected chi connectivity index (χ0v) is 14.1. The molecule has 0 heterocycles. The first kappa shape index (κ1) is 17.4. The van der Waals surface area contributed by atoms with Crippen LogP contribution in [-0.2, 0) is 9.05 Å². The van der Waals surface area contributed by atoms with Gasteiger partial charge in [0.05, 0.1) is 18.9 Å². The van der Waals surface area contributed by atoms with Crippen molar-refractivity contribution in [2.45, 2.75) is 45.7 Å². The molecule has 0 aliphatic carbocycles. The number of rotatable bonds is 10. The van der Waals surface area contributed by atoms with Gasteiger partial charge in [0.25, 0.3) is 0 Å². The van der Waals surface area contributed by atoms with Crippen LogP contribution in [0.2, 0.25) is 0 Å². The lowest BCUT2D eigenvalue weighted by Gasteiger charge is -2.26. The summed E-state index contributed by atoms with van der Waals surface area (Å²) in [5.41, 5.74) is 2.83. The third-order valence-electron chi connectivity index (χ3n) is 3.18. The van der Waals surface area contributed by atoms with Gasteiger partial charge in [0.1, 0.15) is 0 Å². The highest BCUT2D eigenvalue weighted by Gasteiger charge is 2.24. The lowest BCUT2D eigenvalue weighted by Crippen LogP contribution is -2.03. The summed E-state index contributed by atoms with van der Waals surface area (Å²) in [5, 5.41) is 3.16. The molecule has 0 aromatic heterocycles. The molecule has 4 heteroatoms. The lowest BCUT2D eigenvalue weighted by molar-refractivity contribution is 0.260. The second kappa shape index (κ2) is 10.1. The van der Waals surface area contributed by atoms with Crippen molar-refractivity contribution >= 4 is 14.1 Å². The third-order valence-corrected chi connectivity index (χ3v) is 5.27. The first-order chi connectivity index (χ1) is 9.76. The van der Waals surface area contributed by atoms with Gasteiger partial charge in [-0.25, -0.2) is 0 Å². The minimum Gasteiger partial charge on any atom is -0.388 e. The quantitative estimate of drug-likeness (QED) is 0.591. The number of anilines is 1. The van der Waals surface area contributed by atoms with Crippen molar-refractivity contribution < 1.29 is 9.05 Å². The third kappa shape index (κ3) is 5.40. The van der Waals surface area contributed by atoms with Crippen LogP contribution in [0.25, 0.3) is 0 Å². The molecule has 0 fully saturated rings. The van der Waals surface area contributed by atoms with Crippen LogP contribution in [0, 0.1) is 0 Å². The zero-order chi connectivity index (χ0) is 14.8. The summed E-state index contributed by atoms with van der Waals surface area (Å²) >= 11 is 0. The van der Waals surface area contributed by atoms with E-state index >= 15 is 0 Å². The Morgan fingerprint density at radius 2 is 1.65 bits per heavy atom. The van der Waals surface area contributed by atoms with Crippen LogP contribution < -0.4 is 5.32 Å². The summed E-state index contributed by atoms with van der Waals surface area (Å²) in [6.07, 6.45) is 3.53. The standard InChI is InChI=1S/C16H28NO2P/c1-5-8-9-16(20(18-6-2)19-7-3)14-10-12-15(17-4)13-11-14/h10-13,16-17H,5-9H2,1-4H3. The molecule has 0 aliphatic heterocycles. The van der Waals surface area contributed by atoms with E-state index in [-0.39, 0.29) is 0 Å². The minimum atomic E-state index is -0.846. The topological polar surface area (TPSA) is 30.5 Å². The predicted octanol–water partition coefficient (Wildman–Crippen LogP) is 5.34. The largest absolute Gasteiger partial charge is 0.388 e. The Hall–Kier alpha value is -0.630. The Labute approximate surface area is 125 Å². The molecule has 1 atom stereocenters. The van der Waals surface area contributed by atoms with E-state index in [0.29, 0.717) is 18.9 Å². The van der Waals surface area contributed by atoms with Crippen LogP contribution in [0.1, 0.15) is 51.3 Å². The first-order valence-corrected chi connectivity index (χ1v) is 8.84. The van der Waals surface area contributed by atoms with E-state index in [1.165, 1.54) is 18.4 Å². The molecule has 0 bridgehead atoms. The van der Waals surface area contributed by atoms with E-state index in [0.717, 1.165) is 12.1 Å². The van der Waals surface area contributed by atoms with E-state index in [1.54, 1.807) is 0 Å². The Balaban J connectivity index is 2.88. The molecule has 1 aromatic rings. The number of unbranched alkanes of at least 4 members (excludes halogenated alkanes) is 1. The van der Waals surface area contributed by atoms with Gasteiger partial charge in [0.15, 0.2) is 8.38 Å². The van der Waals surface area contributed by atoms with Gasteiger partial charge in [0.2, 0.25) is 0 Å². The Morgan fingerprint density at radius 1 is 1.05 bits per heavy atom. The van der Waals surface area contributed by atoms with Crippen molar-refractivity contribution in [1.82, 2.24) is 0 Å². The van der Waals surface area contributed by atoms with Gasteiger partial charge in [-0.2, -0.15) is 0 Å². The van der Waals surface area contributed by atoms with Crippen LogP contribution in [0.3, 0.4) is 0 Å². The van der Waals surface area contributed by atoms with E-state index in [4.69, 9.17) is 9.05 Å². The van der Waals surface area contributed by atoms with Crippen molar-refractivity contribution in [1.29, 1.82) is 0 Å². The van der Waals surface area contributed by atoms with Crippen molar-refractivity contribution in [3.05, 3.63) is 29.8 Å². The number of hydrogen-bond acceptors (Lipinski definition) is 3. The maximum atomic E-state index is 5.88. The average Bonchev–Trinajstić information content (AvgIpc) is 2.48. The summed E-state index contributed by atoms with van der Waals surface area (Å²) in [4.78, 5) is 0. The molecule has 1 unspecified atom stereocenters. The van der Waals surface area contributed by atoms with Gasteiger partial charge in [0, 0.05) is 12.7 Å². The molecule has 0 radical (unpaired) electrons. The highest BCUT2D eigenvalue weighted by Crippen LogP contribution is 2.55. The predicted molar refractivity (Wildman–Crippen MR) is 88.4 cm³/mol. The van der Waals surface area contributed by atoms with Crippen LogP contribution in [0.5, 0.6) is 0 Å². The minimum absolute atomic E-state index is 0.371. The smallest absolute Gasteiger partial charge is 0.178 e. The van der Waals surface area contributed by atoms with Crippen molar-refractivity contribution in [2.24, 2.45) is 0 Å². The van der Waals surface area contributed by atoms with E-state index in [9.17, 15) is 0 Å². The van der Waals surface area contributed by atoms with Crippen molar-refractivity contribution in [3.63, 3.8) is 0 Å². The zero-order valence-electron chi connectivity index (χ0n) is 13.2. The number of nitrogens with one attached hydrogen (secondary N) is 1. The fourth-order valence-corrected chi connectivity index (χ4v) is 3.89. The molecule has 0 aliphatic rings. The van der Waals surface area contributed by atoms with Crippen LogP contribution in [0.4, 0.5) is 5.69 Å². The Bertz CT molecular complexity index is 350. The van der Waals surface area contributed by atoms with Gasteiger partial charge in [-0.1, -0.05) is 31.9 Å². The summed E-state index contributed by atoms with van der Waals surface area (Å²) in [6, 6.07) is 8.64. The Kier molecular flexibility index (Phi) is 8.84. The molecular weight excluding hydrogens is 269 g/mol. The number of hydrogen-bond donors (Lipinski definition) is 1. The van der Waals surface area contributed by atoms with Crippen molar-refractivity contribution in [3.8, 4) is 0 Å². The SMILES string of the molecule is CCCCC(c1ccc(NC)cc1)P(OCC)OCC. The van der Waals surface area contributed by atoms with Gasteiger partial charge in [-0.15, -0.1) is 0 Å². The molecule has 0 spiro atoms. The molecule has 114 valence electrons. The lowest BCUT2D eigenvalue weighted by atomic mass is 10.1. The molecule has 1 N–H and O–H groups in total. The normalized spacial score (nSPS) is 12.7. The van der Waals surface area contributed by atoms with E-state index in [1.807, 2.05) is 20.9 Å². The molecule has 0 amide bonds. The first-order valence-electron chi connectivity index (χ1n) is 7.59. The van der Waals surface area contributed by atoms with Gasteiger partial charge >= 0.3 is 0 Å². The number of benzene rings is 1. The second-order valence-electron chi connectivity index (χ2n) is 4.65. The second-order valence-corrected chi connectivity index (χ2v) is 6.36. The van der Waals surface area contributed by atoms with Gasteiger partial charge in [-0.3, -0.25) is 0 Å². The van der Waals surface area contributed by atoms with E-state index < -0.39 is 8.38 Å². The van der Waals surface area contributed by atoms with E-state index in [2.05, 4.69) is 36.5 Å². The molecule has 1 rings (SSSR count). The average molecular weight is 297 g/mol. The van der Waals surface area contributed by atoms with Crippen molar-refractivity contribution in [2.75, 3.05) is 25.6 Å². The molecule has 3 nitrogen and oxygen atoms in total. The molecular formula is C16H28NO2P. The molecule has 0 saturated heterocycles. The molecule has 20 heavy (non-hydrogen) atoms. The molecule has 1 aromatic carbocycles. The van der Waals surface area contributed by atoms with Crippen LogP contribution in [-0.4, -0.2) is 20.3 Å². The van der Waals surface area contributed by atoms with Crippen LogP contribution >= 0.6 is 8.38 Å². The summed E-state index contributed by atoms with van der Waals surface area (Å²) in [7, 11) is 1.09. The highest BCUT2D eigenvalue weighted by atomic mass is 31.2.